The summed E-state index contributed by atoms with van der Waals surface area (Å²) in [7, 11) is 0. The fraction of sp³-hybridized carbons (Fsp3) is 0.500. The minimum absolute atomic E-state index is 0.642. The predicted molar refractivity (Wildman–Crippen MR) is 63.7 cm³/mol. The lowest BCUT2D eigenvalue weighted by Crippen LogP contribution is -2.50. The number of hydrogen-bond acceptors (Lipinski definition) is 3. The Morgan fingerprint density at radius 2 is 2.19 bits per heavy atom. The molecule has 0 radical (unpaired) electrons. The molecule has 0 saturated heterocycles. The largest absolute Gasteiger partial charge is 0.480 e. The molecule has 16 heavy (non-hydrogen) atoms. The highest BCUT2D eigenvalue weighted by Gasteiger charge is 2.33. The maximum absolute atomic E-state index is 11.2. The number of pyridine rings is 1. The van der Waals surface area contributed by atoms with E-state index in [9.17, 15) is 9.90 Å². The van der Waals surface area contributed by atoms with Crippen LogP contribution < -0.4 is 4.90 Å². The first-order chi connectivity index (χ1) is 7.39. The molecule has 4 nitrogen and oxygen atoms in total. The van der Waals surface area contributed by atoms with Gasteiger partial charge in [-0.25, -0.2) is 4.79 Å². The summed E-state index contributed by atoms with van der Waals surface area (Å²) in [6, 6.07) is 3.73. The minimum atomic E-state index is -0.914. The van der Waals surface area contributed by atoms with Gasteiger partial charge in [-0.3, -0.25) is 4.98 Å². The maximum Gasteiger partial charge on any atom is 0.328 e. The highest BCUT2D eigenvalue weighted by atomic mass is 16.4. The number of anilines is 1. The first-order valence-corrected chi connectivity index (χ1v) is 5.33. The van der Waals surface area contributed by atoms with Crippen molar-refractivity contribution in [2.24, 2.45) is 0 Å². The average Bonchev–Trinajstić information content (AvgIpc) is 2.18. The van der Waals surface area contributed by atoms with Crippen LogP contribution in [0.4, 0.5) is 5.69 Å². The summed E-state index contributed by atoms with van der Waals surface area (Å²) in [5, 5.41) is 9.22. The number of carbonyl (C=O) groups is 1. The van der Waals surface area contributed by atoms with E-state index in [1.165, 1.54) is 0 Å². The monoisotopic (exact) mass is 222 g/mol. The normalized spacial score (nSPS) is 11.2. The molecule has 0 saturated carbocycles. The SMILES string of the molecule is CCN(c1ccnc(C)c1)C(C)(C)C(=O)O. The first-order valence-electron chi connectivity index (χ1n) is 5.33. The summed E-state index contributed by atoms with van der Waals surface area (Å²) >= 11 is 0. The zero-order chi connectivity index (χ0) is 12.3. The maximum atomic E-state index is 11.2. The number of carboxylic acid groups (broad SMARTS) is 1. The second-order valence-corrected chi connectivity index (χ2v) is 4.26. The van der Waals surface area contributed by atoms with Gasteiger partial charge < -0.3 is 10.0 Å². The first kappa shape index (κ1) is 12.5. The molecule has 0 unspecified atom stereocenters. The molecule has 0 aliphatic carbocycles. The highest BCUT2D eigenvalue weighted by Crippen LogP contribution is 2.24. The zero-order valence-electron chi connectivity index (χ0n) is 10.2. The summed E-state index contributed by atoms with van der Waals surface area (Å²) in [5.41, 5.74) is 0.863. The van der Waals surface area contributed by atoms with Crippen molar-refractivity contribution in [3.05, 3.63) is 24.0 Å². The van der Waals surface area contributed by atoms with Gasteiger partial charge in [-0.1, -0.05) is 0 Å². The Morgan fingerprint density at radius 1 is 1.56 bits per heavy atom. The average molecular weight is 222 g/mol. The molecule has 0 fully saturated rings. The van der Waals surface area contributed by atoms with Crippen molar-refractivity contribution in [3.8, 4) is 0 Å². The van der Waals surface area contributed by atoms with E-state index in [0.29, 0.717) is 6.54 Å². The van der Waals surface area contributed by atoms with Gasteiger partial charge in [-0.2, -0.15) is 0 Å². The third-order valence-electron chi connectivity index (χ3n) is 2.71. The van der Waals surface area contributed by atoms with Crippen LogP contribution in [0.3, 0.4) is 0 Å². The smallest absolute Gasteiger partial charge is 0.328 e. The van der Waals surface area contributed by atoms with E-state index in [-0.39, 0.29) is 0 Å². The lowest BCUT2D eigenvalue weighted by Gasteiger charge is -2.36. The second kappa shape index (κ2) is 4.51. The Morgan fingerprint density at radius 3 is 2.62 bits per heavy atom. The van der Waals surface area contributed by atoms with Gasteiger partial charge in [0.05, 0.1) is 0 Å². The van der Waals surface area contributed by atoms with Crippen LogP contribution in [0.5, 0.6) is 0 Å². The molecule has 1 N–H and O–H groups in total. The van der Waals surface area contributed by atoms with Crippen LogP contribution in [-0.2, 0) is 4.79 Å². The Hall–Kier alpha value is -1.58. The van der Waals surface area contributed by atoms with E-state index < -0.39 is 11.5 Å². The molecule has 0 aliphatic rings. The van der Waals surface area contributed by atoms with Gasteiger partial charge >= 0.3 is 5.97 Å². The second-order valence-electron chi connectivity index (χ2n) is 4.26. The number of hydrogen-bond donors (Lipinski definition) is 1. The van der Waals surface area contributed by atoms with Gasteiger partial charge in [-0.05, 0) is 39.8 Å². The van der Waals surface area contributed by atoms with E-state index in [0.717, 1.165) is 11.4 Å². The molecule has 1 aromatic heterocycles. The van der Waals surface area contributed by atoms with Gasteiger partial charge in [0.15, 0.2) is 0 Å². The van der Waals surface area contributed by atoms with E-state index in [4.69, 9.17) is 0 Å². The number of nitrogens with zero attached hydrogens (tertiary/aromatic N) is 2. The zero-order valence-corrected chi connectivity index (χ0v) is 10.2. The van der Waals surface area contributed by atoms with Crippen LogP contribution in [0.25, 0.3) is 0 Å². The molecule has 0 aliphatic heterocycles. The van der Waals surface area contributed by atoms with Crippen LogP contribution in [0.1, 0.15) is 26.5 Å². The van der Waals surface area contributed by atoms with Crippen molar-refractivity contribution < 1.29 is 9.90 Å². The minimum Gasteiger partial charge on any atom is -0.480 e. The van der Waals surface area contributed by atoms with Crippen molar-refractivity contribution in [2.75, 3.05) is 11.4 Å². The van der Waals surface area contributed by atoms with Crippen molar-refractivity contribution in [1.82, 2.24) is 4.98 Å². The number of carboxylic acids is 1. The number of likely N-dealkylation sites (N-methyl/N-ethyl adjacent to an activating group) is 1. The Balaban J connectivity index is 3.12. The molecule has 0 aromatic carbocycles. The third kappa shape index (κ3) is 2.32. The van der Waals surface area contributed by atoms with Crippen molar-refractivity contribution in [2.45, 2.75) is 33.2 Å². The lowest BCUT2D eigenvalue weighted by molar-refractivity contribution is -0.142. The van der Waals surface area contributed by atoms with Gasteiger partial charge in [0.1, 0.15) is 5.54 Å². The van der Waals surface area contributed by atoms with E-state index in [2.05, 4.69) is 4.98 Å². The van der Waals surface area contributed by atoms with Crippen LogP contribution >= 0.6 is 0 Å². The van der Waals surface area contributed by atoms with Crippen LogP contribution in [0.15, 0.2) is 18.3 Å². The molecule has 88 valence electrons. The fourth-order valence-corrected chi connectivity index (χ4v) is 1.71. The summed E-state index contributed by atoms with van der Waals surface area (Å²) in [5.74, 6) is -0.830. The fourth-order valence-electron chi connectivity index (χ4n) is 1.71. The van der Waals surface area contributed by atoms with Gasteiger partial charge in [0.25, 0.3) is 0 Å². The molecular formula is C12H18N2O2. The van der Waals surface area contributed by atoms with E-state index in [1.54, 1.807) is 20.0 Å². The Labute approximate surface area is 95.9 Å². The molecular weight excluding hydrogens is 204 g/mol. The molecule has 1 rings (SSSR count). The third-order valence-corrected chi connectivity index (χ3v) is 2.71. The Bertz CT molecular complexity index is 388. The summed E-state index contributed by atoms with van der Waals surface area (Å²) in [6.07, 6.45) is 1.70. The van der Waals surface area contributed by atoms with E-state index in [1.807, 2.05) is 30.9 Å². The van der Waals surface area contributed by atoms with E-state index >= 15 is 0 Å². The Kier molecular flexibility index (Phi) is 3.52. The van der Waals surface area contributed by atoms with Gasteiger partial charge in [-0.15, -0.1) is 0 Å². The topological polar surface area (TPSA) is 53.4 Å². The standard InChI is InChI=1S/C12H18N2O2/c1-5-14(12(3,4)11(15)16)10-6-7-13-9(2)8-10/h6-8H,5H2,1-4H3,(H,15,16). The molecule has 0 atom stereocenters. The molecule has 4 heteroatoms. The van der Waals surface area contributed by atoms with Crippen LogP contribution in [-0.4, -0.2) is 28.1 Å². The number of aryl methyl sites for hydroxylation is 1. The van der Waals surface area contributed by atoms with Gasteiger partial charge in [0, 0.05) is 24.1 Å². The lowest BCUT2D eigenvalue weighted by atomic mass is 10.0. The molecule has 1 heterocycles. The van der Waals surface area contributed by atoms with Crippen molar-refractivity contribution in [1.29, 1.82) is 0 Å². The number of aromatic nitrogens is 1. The highest BCUT2D eigenvalue weighted by molar-refractivity contribution is 5.82. The number of aliphatic carboxylic acids is 1. The van der Waals surface area contributed by atoms with Gasteiger partial charge in [0.2, 0.25) is 0 Å². The van der Waals surface area contributed by atoms with Crippen molar-refractivity contribution in [3.63, 3.8) is 0 Å². The molecule has 0 bridgehead atoms. The molecule has 0 spiro atoms. The predicted octanol–water partition coefficient (Wildman–Crippen LogP) is 2.08. The summed E-state index contributed by atoms with van der Waals surface area (Å²) < 4.78 is 0. The summed E-state index contributed by atoms with van der Waals surface area (Å²) in [6.45, 7) is 7.89. The summed E-state index contributed by atoms with van der Waals surface area (Å²) in [4.78, 5) is 17.2. The van der Waals surface area contributed by atoms with Crippen molar-refractivity contribution >= 4 is 11.7 Å². The quantitative estimate of drug-likeness (QED) is 0.847. The van der Waals surface area contributed by atoms with Crippen LogP contribution in [0.2, 0.25) is 0 Å². The van der Waals surface area contributed by atoms with Crippen LogP contribution in [0, 0.1) is 6.92 Å². The number of rotatable bonds is 4. The molecule has 0 amide bonds. The molecule has 1 aromatic rings.